The predicted octanol–water partition coefficient (Wildman–Crippen LogP) is 2.59. The molecule has 1 aliphatic heterocycles. The van der Waals surface area contributed by atoms with Crippen LogP contribution >= 0.6 is 11.8 Å². The van der Waals surface area contributed by atoms with Gasteiger partial charge < -0.3 is 4.42 Å². The highest BCUT2D eigenvalue weighted by Gasteiger charge is 2.40. The summed E-state index contributed by atoms with van der Waals surface area (Å²) in [4.78, 5) is 24.3. The number of hydrogen-bond acceptors (Lipinski definition) is 4. The molecule has 3 rings (SSSR count). The maximum absolute atomic E-state index is 12.3. The Labute approximate surface area is 126 Å². The molecule has 5 nitrogen and oxygen atoms in total. The van der Waals surface area contributed by atoms with Crippen molar-refractivity contribution in [2.75, 3.05) is 0 Å². The summed E-state index contributed by atoms with van der Waals surface area (Å²) in [6.07, 6.45) is 1.42. The van der Waals surface area contributed by atoms with Gasteiger partial charge in [-0.25, -0.2) is 5.01 Å². The van der Waals surface area contributed by atoms with E-state index >= 15 is 0 Å². The van der Waals surface area contributed by atoms with Crippen LogP contribution in [0.15, 0.2) is 53.1 Å². The fraction of sp³-hybridized carbons (Fsp3) is 0.200. The number of thioether (sulfide) groups is 1. The van der Waals surface area contributed by atoms with E-state index in [0.29, 0.717) is 0 Å². The molecule has 1 aromatic carbocycles. The number of nitrogens with one attached hydrogen (secondary N) is 1. The van der Waals surface area contributed by atoms with Gasteiger partial charge in [0.15, 0.2) is 5.76 Å². The Hall–Kier alpha value is -2.21. The predicted molar refractivity (Wildman–Crippen MR) is 79.3 cm³/mol. The molecule has 0 spiro atoms. The third kappa shape index (κ3) is 2.67. The third-order valence-electron chi connectivity index (χ3n) is 3.20. The van der Waals surface area contributed by atoms with E-state index in [0.717, 1.165) is 5.56 Å². The van der Waals surface area contributed by atoms with Crippen LogP contribution in [0.2, 0.25) is 0 Å². The minimum Gasteiger partial charge on any atom is -0.459 e. The minimum atomic E-state index is -0.427. The number of hydrogen-bond donors (Lipinski definition) is 1. The Morgan fingerprint density at radius 1 is 1.24 bits per heavy atom. The van der Waals surface area contributed by atoms with E-state index in [9.17, 15) is 9.59 Å². The lowest BCUT2D eigenvalue weighted by Crippen LogP contribution is -2.45. The highest BCUT2D eigenvalue weighted by Crippen LogP contribution is 2.41. The summed E-state index contributed by atoms with van der Waals surface area (Å²) in [5.41, 5.74) is 3.61. The molecule has 0 bridgehead atoms. The van der Waals surface area contributed by atoms with E-state index < -0.39 is 5.91 Å². The van der Waals surface area contributed by atoms with Crippen LogP contribution in [0, 0.1) is 0 Å². The maximum Gasteiger partial charge on any atom is 0.305 e. The lowest BCUT2D eigenvalue weighted by molar-refractivity contribution is -0.132. The van der Waals surface area contributed by atoms with Gasteiger partial charge >= 0.3 is 5.91 Å². The lowest BCUT2D eigenvalue weighted by Gasteiger charge is -2.24. The number of carbonyl (C=O) groups excluding carboxylic acids is 2. The SMILES string of the molecule is CC1SC(c2ccccc2)N(NC(=O)c2ccco2)C1=O. The second kappa shape index (κ2) is 5.65. The average Bonchev–Trinajstić information content (AvgIpc) is 3.12. The summed E-state index contributed by atoms with van der Waals surface area (Å²) in [6, 6.07) is 12.8. The van der Waals surface area contributed by atoms with Crippen LogP contribution in [0.3, 0.4) is 0 Å². The van der Waals surface area contributed by atoms with Crippen LogP contribution in [0.4, 0.5) is 0 Å². The molecule has 2 heterocycles. The topological polar surface area (TPSA) is 62.6 Å². The van der Waals surface area contributed by atoms with Gasteiger partial charge in [0.25, 0.3) is 5.91 Å². The number of furan rings is 1. The molecule has 6 heteroatoms. The smallest absolute Gasteiger partial charge is 0.305 e. The number of amides is 2. The molecule has 0 aliphatic carbocycles. The molecule has 2 unspecified atom stereocenters. The first-order valence-electron chi connectivity index (χ1n) is 6.55. The van der Waals surface area contributed by atoms with Gasteiger partial charge in [0.2, 0.25) is 0 Å². The van der Waals surface area contributed by atoms with Crippen molar-refractivity contribution < 1.29 is 14.0 Å². The summed E-state index contributed by atoms with van der Waals surface area (Å²) < 4.78 is 5.05. The van der Waals surface area contributed by atoms with Gasteiger partial charge in [0.05, 0.1) is 11.5 Å². The fourth-order valence-corrected chi connectivity index (χ4v) is 3.36. The Morgan fingerprint density at radius 2 is 2.00 bits per heavy atom. The van der Waals surface area contributed by atoms with Gasteiger partial charge in [0.1, 0.15) is 5.37 Å². The van der Waals surface area contributed by atoms with Crippen molar-refractivity contribution >= 4 is 23.6 Å². The van der Waals surface area contributed by atoms with E-state index in [1.165, 1.54) is 23.0 Å². The quantitative estimate of drug-likeness (QED) is 0.946. The van der Waals surface area contributed by atoms with Crippen LogP contribution in [0.25, 0.3) is 0 Å². The Balaban J connectivity index is 1.83. The molecular weight excluding hydrogens is 288 g/mol. The van der Waals surface area contributed by atoms with E-state index in [2.05, 4.69) is 5.43 Å². The highest BCUT2D eigenvalue weighted by atomic mass is 32.2. The molecule has 1 saturated heterocycles. The Bertz CT molecular complexity index is 642. The number of nitrogens with zero attached hydrogens (tertiary/aromatic N) is 1. The summed E-state index contributed by atoms with van der Waals surface area (Å²) in [5.74, 6) is -0.364. The summed E-state index contributed by atoms with van der Waals surface area (Å²) in [6.45, 7) is 1.84. The molecule has 1 aromatic heterocycles. The summed E-state index contributed by atoms with van der Waals surface area (Å²) >= 11 is 1.51. The van der Waals surface area contributed by atoms with Crippen LogP contribution < -0.4 is 5.43 Å². The van der Waals surface area contributed by atoms with Crippen molar-refractivity contribution in [2.24, 2.45) is 0 Å². The second-order valence-electron chi connectivity index (χ2n) is 4.67. The highest BCUT2D eigenvalue weighted by molar-refractivity contribution is 8.01. The molecule has 2 amide bonds. The standard InChI is InChI=1S/C15H14N2O3S/c1-10-14(19)17(16-13(18)12-8-5-9-20-12)15(21-10)11-6-3-2-4-7-11/h2-10,15H,1H3,(H,16,18). The van der Waals surface area contributed by atoms with Crippen molar-refractivity contribution in [1.29, 1.82) is 0 Å². The number of benzene rings is 1. The van der Waals surface area contributed by atoms with Crippen molar-refractivity contribution in [3.05, 3.63) is 60.1 Å². The summed E-state index contributed by atoms with van der Waals surface area (Å²) in [7, 11) is 0. The van der Waals surface area contributed by atoms with Gasteiger partial charge in [-0.05, 0) is 24.6 Å². The molecule has 2 atom stereocenters. The van der Waals surface area contributed by atoms with E-state index in [-0.39, 0.29) is 22.3 Å². The number of rotatable bonds is 3. The molecule has 2 aromatic rings. The zero-order valence-corrected chi connectivity index (χ0v) is 12.2. The maximum atomic E-state index is 12.3. The number of carbonyl (C=O) groups is 2. The van der Waals surface area contributed by atoms with Crippen molar-refractivity contribution in [2.45, 2.75) is 17.5 Å². The van der Waals surface area contributed by atoms with Crippen molar-refractivity contribution in [3.63, 3.8) is 0 Å². The zero-order valence-electron chi connectivity index (χ0n) is 11.4. The van der Waals surface area contributed by atoms with Gasteiger partial charge in [-0.1, -0.05) is 30.3 Å². The molecule has 1 N–H and O–H groups in total. The molecule has 1 aliphatic rings. The number of hydrazine groups is 1. The molecule has 0 saturated carbocycles. The largest absolute Gasteiger partial charge is 0.459 e. The first kappa shape index (κ1) is 13.8. The second-order valence-corrected chi connectivity index (χ2v) is 6.09. The van der Waals surface area contributed by atoms with Gasteiger partial charge in [0, 0.05) is 0 Å². The first-order chi connectivity index (χ1) is 10.2. The van der Waals surface area contributed by atoms with Crippen LogP contribution in [0.5, 0.6) is 0 Å². The first-order valence-corrected chi connectivity index (χ1v) is 7.49. The van der Waals surface area contributed by atoms with E-state index in [4.69, 9.17) is 4.42 Å². The molecule has 108 valence electrons. The molecule has 0 radical (unpaired) electrons. The Kier molecular flexibility index (Phi) is 3.70. The van der Waals surface area contributed by atoms with Gasteiger partial charge in [-0.3, -0.25) is 15.0 Å². The lowest BCUT2D eigenvalue weighted by atomic mass is 10.2. The van der Waals surface area contributed by atoms with Crippen LogP contribution in [0.1, 0.15) is 28.4 Å². The normalized spacial score (nSPS) is 21.6. The van der Waals surface area contributed by atoms with E-state index in [1.807, 2.05) is 37.3 Å². The van der Waals surface area contributed by atoms with Gasteiger partial charge in [-0.2, -0.15) is 0 Å². The average molecular weight is 302 g/mol. The minimum absolute atomic E-state index is 0.117. The molecule has 21 heavy (non-hydrogen) atoms. The fourth-order valence-electron chi connectivity index (χ4n) is 2.16. The van der Waals surface area contributed by atoms with Crippen molar-refractivity contribution in [1.82, 2.24) is 10.4 Å². The Morgan fingerprint density at radius 3 is 2.67 bits per heavy atom. The van der Waals surface area contributed by atoms with Crippen molar-refractivity contribution in [3.8, 4) is 0 Å². The third-order valence-corrected chi connectivity index (χ3v) is 4.56. The monoisotopic (exact) mass is 302 g/mol. The van der Waals surface area contributed by atoms with Crippen LogP contribution in [-0.4, -0.2) is 22.1 Å². The molecular formula is C15H14N2O3S. The summed E-state index contributed by atoms with van der Waals surface area (Å²) in [5, 5.41) is 0.954. The van der Waals surface area contributed by atoms with Crippen LogP contribution in [-0.2, 0) is 4.79 Å². The molecule has 1 fully saturated rings. The van der Waals surface area contributed by atoms with E-state index in [1.54, 1.807) is 12.1 Å². The zero-order chi connectivity index (χ0) is 14.8. The van der Waals surface area contributed by atoms with Gasteiger partial charge in [-0.15, -0.1) is 11.8 Å².